The van der Waals surface area contributed by atoms with Crippen molar-refractivity contribution in [1.82, 2.24) is 4.57 Å². The SMILES string of the molecule is Cn1cc(C(=O)Nc2sc3c(c2C#N)CCCC3)c(=O)c2ccccc21. The number of thiophene rings is 1. The summed E-state index contributed by atoms with van der Waals surface area (Å²) < 4.78 is 1.77. The zero-order valence-corrected chi connectivity index (χ0v) is 15.2. The number of fused-ring (bicyclic) bond motifs is 2. The van der Waals surface area contributed by atoms with Crippen molar-refractivity contribution in [2.24, 2.45) is 7.05 Å². The van der Waals surface area contributed by atoms with Gasteiger partial charge in [0, 0.05) is 23.5 Å². The Hall–Kier alpha value is -2.91. The van der Waals surface area contributed by atoms with E-state index in [0.717, 1.165) is 36.8 Å². The lowest BCUT2D eigenvalue weighted by atomic mass is 9.96. The summed E-state index contributed by atoms with van der Waals surface area (Å²) in [6.45, 7) is 0. The van der Waals surface area contributed by atoms with Gasteiger partial charge < -0.3 is 9.88 Å². The highest BCUT2D eigenvalue weighted by Gasteiger charge is 2.23. The number of carbonyl (C=O) groups excluding carboxylic acids is 1. The zero-order chi connectivity index (χ0) is 18.3. The van der Waals surface area contributed by atoms with Crippen molar-refractivity contribution in [1.29, 1.82) is 5.26 Å². The highest BCUT2D eigenvalue weighted by Crippen LogP contribution is 2.37. The third kappa shape index (κ3) is 2.61. The predicted molar refractivity (Wildman–Crippen MR) is 103 cm³/mol. The second kappa shape index (κ2) is 6.43. The third-order valence-corrected chi connectivity index (χ3v) is 6.06. The molecule has 0 radical (unpaired) electrons. The topological polar surface area (TPSA) is 74.9 Å². The molecule has 0 fully saturated rings. The Kier molecular flexibility index (Phi) is 4.09. The van der Waals surface area contributed by atoms with E-state index in [0.29, 0.717) is 16.0 Å². The van der Waals surface area contributed by atoms with Crippen LogP contribution in [0.3, 0.4) is 0 Å². The number of aromatic nitrogens is 1. The molecule has 0 aliphatic heterocycles. The van der Waals surface area contributed by atoms with Crippen LogP contribution in [0.4, 0.5) is 5.00 Å². The standard InChI is InChI=1S/C20H17N3O2S/c1-23-11-15(18(24)13-7-2-4-8-16(13)23)19(25)22-20-14(10-21)12-6-3-5-9-17(12)26-20/h2,4,7-8,11H,3,5-6,9H2,1H3,(H,22,25). The van der Waals surface area contributed by atoms with E-state index in [9.17, 15) is 14.9 Å². The number of anilines is 1. The number of para-hydroxylation sites is 1. The first kappa shape index (κ1) is 16.6. The summed E-state index contributed by atoms with van der Waals surface area (Å²) in [5.41, 5.74) is 2.18. The van der Waals surface area contributed by atoms with Gasteiger partial charge in [0.15, 0.2) is 0 Å². The van der Waals surface area contributed by atoms with Crippen LogP contribution in [0, 0.1) is 11.3 Å². The van der Waals surface area contributed by atoms with Crippen LogP contribution < -0.4 is 10.7 Å². The number of nitrogens with zero attached hydrogens (tertiary/aromatic N) is 2. The minimum absolute atomic E-state index is 0.0847. The van der Waals surface area contributed by atoms with Crippen molar-refractivity contribution >= 4 is 33.1 Å². The van der Waals surface area contributed by atoms with Crippen LogP contribution in [0.2, 0.25) is 0 Å². The monoisotopic (exact) mass is 363 g/mol. The van der Waals surface area contributed by atoms with E-state index in [2.05, 4.69) is 11.4 Å². The molecule has 1 N–H and O–H groups in total. The lowest BCUT2D eigenvalue weighted by molar-refractivity contribution is 0.102. The molecule has 1 aliphatic rings. The molecule has 1 amide bonds. The number of nitrogens with one attached hydrogen (secondary N) is 1. The highest BCUT2D eigenvalue weighted by atomic mass is 32.1. The smallest absolute Gasteiger partial charge is 0.261 e. The molecule has 130 valence electrons. The number of hydrogen-bond donors (Lipinski definition) is 1. The second-order valence-corrected chi connectivity index (χ2v) is 7.59. The molecule has 0 spiro atoms. The van der Waals surface area contributed by atoms with E-state index in [1.54, 1.807) is 22.9 Å². The summed E-state index contributed by atoms with van der Waals surface area (Å²) in [5, 5.41) is 13.4. The largest absolute Gasteiger partial charge is 0.350 e. The molecule has 6 heteroatoms. The van der Waals surface area contributed by atoms with Crippen LogP contribution in [-0.4, -0.2) is 10.5 Å². The van der Waals surface area contributed by atoms with Gasteiger partial charge in [-0.3, -0.25) is 9.59 Å². The lowest BCUT2D eigenvalue weighted by Crippen LogP contribution is -2.23. The second-order valence-electron chi connectivity index (χ2n) is 6.48. The fourth-order valence-electron chi connectivity index (χ4n) is 3.54. The first-order valence-electron chi connectivity index (χ1n) is 8.54. The van der Waals surface area contributed by atoms with E-state index in [1.807, 2.05) is 19.2 Å². The molecule has 5 nitrogen and oxygen atoms in total. The van der Waals surface area contributed by atoms with Gasteiger partial charge >= 0.3 is 0 Å². The number of hydrogen-bond acceptors (Lipinski definition) is 4. The first-order chi connectivity index (χ1) is 12.6. The van der Waals surface area contributed by atoms with E-state index in [-0.39, 0.29) is 11.0 Å². The van der Waals surface area contributed by atoms with Gasteiger partial charge in [-0.15, -0.1) is 11.3 Å². The highest BCUT2D eigenvalue weighted by molar-refractivity contribution is 7.16. The van der Waals surface area contributed by atoms with Gasteiger partial charge in [-0.2, -0.15) is 5.26 Å². The third-order valence-electron chi connectivity index (χ3n) is 4.85. The molecule has 1 aliphatic carbocycles. The molecular weight excluding hydrogens is 346 g/mol. The maximum atomic E-state index is 12.8. The van der Waals surface area contributed by atoms with Gasteiger partial charge in [-0.25, -0.2) is 0 Å². The Bertz CT molecular complexity index is 1130. The molecule has 0 saturated carbocycles. The van der Waals surface area contributed by atoms with Crippen LogP contribution >= 0.6 is 11.3 Å². The number of benzene rings is 1. The number of rotatable bonds is 2. The van der Waals surface area contributed by atoms with Crippen LogP contribution in [-0.2, 0) is 19.9 Å². The minimum atomic E-state index is -0.466. The van der Waals surface area contributed by atoms with Crippen LogP contribution in [0.15, 0.2) is 35.3 Å². The van der Waals surface area contributed by atoms with Gasteiger partial charge in [0.1, 0.15) is 16.6 Å². The van der Waals surface area contributed by atoms with E-state index >= 15 is 0 Å². The zero-order valence-electron chi connectivity index (χ0n) is 14.3. The first-order valence-corrected chi connectivity index (χ1v) is 9.36. The quantitative estimate of drug-likeness (QED) is 0.756. The fraction of sp³-hybridized carbons (Fsp3) is 0.250. The summed E-state index contributed by atoms with van der Waals surface area (Å²) in [6, 6.07) is 9.44. The van der Waals surface area contributed by atoms with Gasteiger partial charge in [0.05, 0.1) is 11.1 Å². The Morgan fingerprint density at radius 2 is 2.04 bits per heavy atom. The van der Waals surface area contributed by atoms with Crippen molar-refractivity contribution in [3.05, 3.63) is 62.3 Å². The molecule has 26 heavy (non-hydrogen) atoms. The Morgan fingerprint density at radius 3 is 2.85 bits per heavy atom. The molecule has 2 aromatic heterocycles. The molecular formula is C20H17N3O2S. The minimum Gasteiger partial charge on any atom is -0.350 e. The summed E-state index contributed by atoms with van der Waals surface area (Å²) >= 11 is 1.46. The van der Waals surface area contributed by atoms with Crippen LogP contribution in [0.25, 0.3) is 10.9 Å². The normalized spacial score (nSPS) is 13.2. The van der Waals surface area contributed by atoms with Crippen LogP contribution in [0.5, 0.6) is 0 Å². The lowest BCUT2D eigenvalue weighted by Gasteiger charge is -2.10. The average Bonchev–Trinajstić information content (AvgIpc) is 3.01. The van der Waals surface area contributed by atoms with Crippen molar-refractivity contribution in [3.8, 4) is 6.07 Å². The molecule has 0 bridgehead atoms. The Morgan fingerprint density at radius 1 is 1.27 bits per heavy atom. The molecule has 0 saturated heterocycles. The summed E-state index contributed by atoms with van der Waals surface area (Å²) in [4.78, 5) is 26.7. The maximum Gasteiger partial charge on any atom is 0.261 e. The van der Waals surface area contributed by atoms with E-state index < -0.39 is 5.91 Å². The Balaban J connectivity index is 1.75. The molecule has 1 aromatic carbocycles. The van der Waals surface area contributed by atoms with E-state index in [1.165, 1.54) is 16.2 Å². The van der Waals surface area contributed by atoms with Gasteiger partial charge in [0.2, 0.25) is 5.43 Å². The van der Waals surface area contributed by atoms with E-state index in [4.69, 9.17) is 0 Å². The van der Waals surface area contributed by atoms with Crippen molar-refractivity contribution < 1.29 is 4.79 Å². The van der Waals surface area contributed by atoms with Gasteiger partial charge in [-0.1, -0.05) is 12.1 Å². The fourth-order valence-corrected chi connectivity index (χ4v) is 4.78. The number of pyridine rings is 1. The number of nitriles is 1. The van der Waals surface area contributed by atoms with Crippen molar-refractivity contribution in [2.75, 3.05) is 5.32 Å². The molecule has 4 rings (SSSR count). The molecule has 3 aromatic rings. The van der Waals surface area contributed by atoms with Gasteiger partial charge in [-0.05, 0) is 43.4 Å². The predicted octanol–water partition coefficient (Wildman–Crippen LogP) is 3.60. The summed E-state index contributed by atoms with van der Waals surface area (Å²) in [7, 11) is 1.81. The Labute approximate surface area is 154 Å². The molecule has 0 atom stereocenters. The maximum absolute atomic E-state index is 12.8. The summed E-state index contributed by atoms with van der Waals surface area (Å²) in [6.07, 6.45) is 5.55. The average molecular weight is 363 g/mol. The molecule has 2 heterocycles. The van der Waals surface area contributed by atoms with Crippen molar-refractivity contribution in [3.63, 3.8) is 0 Å². The van der Waals surface area contributed by atoms with Crippen LogP contribution in [0.1, 0.15) is 39.2 Å². The number of carbonyl (C=O) groups is 1. The van der Waals surface area contributed by atoms with Gasteiger partial charge in [0.25, 0.3) is 5.91 Å². The number of amides is 1. The van der Waals surface area contributed by atoms with Crippen molar-refractivity contribution in [2.45, 2.75) is 25.7 Å². The molecule has 0 unspecified atom stereocenters. The number of aryl methyl sites for hydroxylation is 2. The summed E-state index contributed by atoms with van der Waals surface area (Å²) in [5.74, 6) is -0.466.